The molecule has 1 saturated heterocycles. The monoisotopic (exact) mass is 290 g/mol. The first-order valence-corrected chi connectivity index (χ1v) is 7.97. The Kier molecular flexibility index (Phi) is 6.54. The largest absolute Gasteiger partial charge is 0.494 e. The lowest BCUT2D eigenvalue weighted by Crippen LogP contribution is -2.20. The van der Waals surface area contributed by atoms with E-state index in [1.807, 2.05) is 24.3 Å². The molecule has 0 atom stereocenters. The zero-order chi connectivity index (χ0) is 14.9. The molecule has 4 nitrogen and oxygen atoms in total. The van der Waals surface area contributed by atoms with Gasteiger partial charge in [0.05, 0.1) is 6.61 Å². The quantitative estimate of drug-likeness (QED) is 0.747. The Morgan fingerprint density at radius 2 is 1.86 bits per heavy atom. The molecule has 1 heterocycles. The maximum absolute atomic E-state index is 10.9. The molecule has 2 rings (SSSR count). The van der Waals surface area contributed by atoms with Crippen LogP contribution in [0.25, 0.3) is 0 Å². The van der Waals surface area contributed by atoms with Gasteiger partial charge in [-0.2, -0.15) is 0 Å². The normalized spacial score (nSPS) is 15.1. The minimum atomic E-state index is -0.0540. The van der Waals surface area contributed by atoms with Gasteiger partial charge in [-0.1, -0.05) is 0 Å². The molecule has 1 N–H and O–H groups in total. The maximum Gasteiger partial charge on any atom is 0.221 e. The lowest BCUT2D eigenvalue weighted by atomic mass is 10.2. The maximum atomic E-state index is 10.9. The Morgan fingerprint density at radius 3 is 2.52 bits per heavy atom. The third-order valence-corrected chi connectivity index (χ3v) is 3.76. The minimum absolute atomic E-state index is 0.0540. The van der Waals surface area contributed by atoms with Crippen molar-refractivity contribution in [1.82, 2.24) is 4.90 Å². The second kappa shape index (κ2) is 8.67. The van der Waals surface area contributed by atoms with Crippen LogP contribution in [-0.2, 0) is 4.79 Å². The molecule has 0 saturated carbocycles. The molecule has 116 valence electrons. The molecule has 0 bridgehead atoms. The molecule has 1 aliphatic rings. The Balaban J connectivity index is 1.54. The van der Waals surface area contributed by atoms with E-state index in [2.05, 4.69) is 10.2 Å². The van der Waals surface area contributed by atoms with E-state index in [9.17, 15) is 4.79 Å². The number of amides is 1. The number of carbonyl (C=O) groups excluding carboxylic acids is 1. The number of hydrogen-bond donors (Lipinski definition) is 1. The van der Waals surface area contributed by atoms with E-state index in [-0.39, 0.29) is 5.91 Å². The van der Waals surface area contributed by atoms with Crippen LogP contribution in [0.15, 0.2) is 24.3 Å². The van der Waals surface area contributed by atoms with E-state index in [1.165, 1.54) is 52.2 Å². The number of rotatable bonds is 8. The second-order valence-electron chi connectivity index (χ2n) is 5.66. The summed E-state index contributed by atoms with van der Waals surface area (Å²) in [6.45, 7) is 6.09. The van der Waals surface area contributed by atoms with Gasteiger partial charge in [-0.3, -0.25) is 4.79 Å². The summed E-state index contributed by atoms with van der Waals surface area (Å²) >= 11 is 0. The van der Waals surface area contributed by atoms with E-state index in [4.69, 9.17) is 4.74 Å². The highest BCUT2D eigenvalue weighted by Gasteiger charge is 2.09. The standard InChI is InChI=1S/C17H26N2O2/c1-15(20)18-16-7-9-17(10-8-16)21-14-6-2-3-11-19-12-4-5-13-19/h7-10H,2-6,11-14H2,1H3,(H,18,20). The summed E-state index contributed by atoms with van der Waals surface area (Å²) in [6, 6.07) is 7.53. The van der Waals surface area contributed by atoms with Gasteiger partial charge in [-0.15, -0.1) is 0 Å². The van der Waals surface area contributed by atoms with Crippen LogP contribution in [0, 0.1) is 0 Å². The van der Waals surface area contributed by atoms with Crippen molar-refractivity contribution in [2.24, 2.45) is 0 Å². The fraction of sp³-hybridized carbons (Fsp3) is 0.588. The summed E-state index contributed by atoms with van der Waals surface area (Å²) in [7, 11) is 0. The first-order valence-electron chi connectivity index (χ1n) is 7.97. The summed E-state index contributed by atoms with van der Waals surface area (Å²) in [5.74, 6) is 0.810. The molecule has 0 aromatic heterocycles. The van der Waals surface area contributed by atoms with Crippen molar-refractivity contribution in [3.8, 4) is 5.75 Å². The Bertz CT molecular complexity index is 425. The van der Waals surface area contributed by atoms with Gasteiger partial charge in [0.1, 0.15) is 5.75 Å². The minimum Gasteiger partial charge on any atom is -0.494 e. The van der Waals surface area contributed by atoms with Crippen molar-refractivity contribution < 1.29 is 9.53 Å². The Morgan fingerprint density at radius 1 is 1.14 bits per heavy atom. The summed E-state index contributed by atoms with van der Waals surface area (Å²) < 4.78 is 5.71. The molecule has 1 amide bonds. The van der Waals surface area contributed by atoms with Gasteiger partial charge in [0.2, 0.25) is 5.91 Å². The van der Waals surface area contributed by atoms with Crippen molar-refractivity contribution in [2.45, 2.75) is 39.0 Å². The van der Waals surface area contributed by atoms with Gasteiger partial charge in [-0.05, 0) is 76.0 Å². The first-order chi connectivity index (χ1) is 10.2. The molecule has 0 unspecified atom stereocenters. The zero-order valence-electron chi connectivity index (χ0n) is 12.9. The predicted octanol–water partition coefficient (Wildman–Crippen LogP) is 3.29. The summed E-state index contributed by atoms with van der Waals surface area (Å²) in [4.78, 5) is 13.5. The molecule has 1 aromatic rings. The van der Waals surface area contributed by atoms with Crippen LogP contribution < -0.4 is 10.1 Å². The van der Waals surface area contributed by atoms with Gasteiger partial charge in [0.15, 0.2) is 0 Å². The van der Waals surface area contributed by atoms with E-state index < -0.39 is 0 Å². The highest BCUT2D eigenvalue weighted by molar-refractivity contribution is 5.88. The fourth-order valence-electron chi connectivity index (χ4n) is 2.65. The van der Waals surface area contributed by atoms with Crippen LogP contribution in [0.4, 0.5) is 5.69 Å². The first kappa shape index (κ1) is 15.8. The average molecular weight is 290 g/mol. The number of hydrogen-bond acceptors (Lipinski definition) is 3. The molecule has 1 aliphatic heterocycles. The van der Waals surface area contributed by atoms with E-state index >= 15 is 0 Å². The number of benzene rings is 1. The molecule has 21 heavy (non-hydrogen) atoms. The van der Waals surface area contributed by atoms with Crippen molar-refractivity contribution in [3.63, 3.8) is 0 Å². The van der Waals surface area contributed by atoms with Gasteiger partial charge in [0, 0.05) is 12.6 Å². The number of nitrogens with zero attached hydrogens (tertiary/aromatic N) is 1. The van der Waals surface area contributed by atoms with Gasteiger partial charge >= 0.3 is 0 Å². The van der Waals surface area contributed by atoms with Crippen molar-refractivity contribution in [3.05, 3.63) is 24.3 Å². The lowest BCUT2D eigenvalue weighted by molar-refractivity contribution is -0.114. The number of likely N-dealkylation sites (tertiary alicyclic amines) is 1. The third-order valence-electron chi connectivity index (χ3n) is 3.76. The van der Waals surface area contributed by atoms with Crippen molar-refractivity contribution >= 4 is 11.6 Å². The average Bonchev–Trinajstić information content (AvgIpc) is 2.97. The van der Waals surface area contributed by atoms with E-state index in [0.29, 0.717) is 0 Å². The smallest absolute Gasteiger partial charge is 0.221 e. The zero-order valence-corrected chi connectivity index (χ0v) is 12.9. The third kappa shape index (κ3) is 6.17. The highest BCUT2D eigenvalue weighted by Crippen LogP contribution is 2.16. The van der Waals surface area contributed by atoms with Crippen LogP contribution in [0.3, 0.4) is 0 Å². The predicted molar refractivity (Wildman–Crippen MR) is 85.8 cm³/mol. The van der Waals surface area contributed by atoms with Crippen LogP contribution >= 0.6 is 0 Å². The molecule has 0 radical (unpaired) electrons. The number of carbonyl (C=O) groups is 1. The molecule has 0 aliphatic carbocycles. The summed E-state index contributed by atoms with van der Waals surface area (Å²) in [6.07, 6.45) is 6.34. The number of unbranched alkanes of at least 4 members (excludes halogenated alkanes) is 2. The van der Waals surface area contributed by atoms with Gasteiger partial charge in [-0.25, -0.2) is 0 Å². The van der Waals surface area contributed by atoms with Crippen LogP contribution in [0.2, 0.25) is 0 Å². The molecular weight excluding hydrogens is 264 g/mol. The summed E-state index contributed by atoms with van der Waals surface area (Å²) in [5, 5.41) is 2.74. The van der Waals surface area contributed by atoms with E-state index in [1.54, 1.807) is 0 Å². The number of ether oxygens (including phenoxy) is 1. The molecule has 1 fully saturated rings. The van der Waals surface area contributed by atoms with Crippen LogP contribution in [0.1, 0.15) is 39.0 Å². The second-order valence-corrected chi connectivity index (χ2v) is 5.66. The Labute approximate surface area is 127 Å². The SMILES string of the molecule is CC(=O)Nc1ccc(OCCCCCN2CCCC2)cc1. The van der Waals surface area contributed by atoms with Gasteiger partial charge < -0.3 is 15.0 Å². The topological polar surface area (TPSA) is 41.6 Å². The highest BCUT2D eigenvalue weighted by atomic mass is 16.5. The van der Waals surface area contributed by atoms with Gasteiger partial charge in [0.25, 0.3) is 0 Å². The van der Waals surface area contributed by atoms with Crippen molar-refractivity contribution in [1.29, 1.82) is 0 Å². The molecule has 0 spiro atoms. The number of anilines is 1. The lowest BCUT2D eigenvalue weighted by Gasteiger charge is -2.14. The molecule has 1 aromatic carbocycles. The number of nitrogens with one attached hydrogen (secondary N) is 1. The van der Waals surface area contributed by atoms with Crippen LogP contribution in [-0.4, -0.2) is 37.0 Å². The fourth-order valence-corrected chi connectivity index (χ4v) is 2.65. The van der Waals surface area contributed by atoms with Crippen molar-refractivity contribution in [2.75, 3.05) is 31.6 Å². The Hall–Kier alpha value is -1.55. The molecule has 4 heteroatoms. The molecular formula is C17H26N2O2. The van der Waals surface area contributed by atoms with E-state index in [0.717, 1.165) is 24.5 Å². The summed E-state index contributed by atoms with van der Waals surface area (Å²) in [5.41, 5.74) is 0.806. The van der Waals surface area contributed by atoms with Crippen LogP contribution in [0.5, 0.6) is 5.75 Å².